The number of benzene rings is 1. The summed E-state index contributed by atoms with van der Waals surface area (Å²) in [7, 11) is -3.36. The fraction of sp³-hybridized carbons (Fsp3) is 0.444. The minimum absolute atomic E-state index is 0.108. The highest BCUT2D eigenvalue weighted by molar-refractivity contribution is 7.88. The molecule has 12 heteroatoms. The van der Waals surface area contributed by atoms with Gasteiger partial charge in [0.2, 0.25) is 10.0 Å². The van der Waals surface area contributed by atoms with Crippen molar-refractivity contribution in [3.63, 3.8) is 0 Å². The van der Waals surface area contributed by atoms with Crippen molar-refractivity contribution in [1.29, 1.82) is 0 Å². The summed E-state index contributed by atoms with van der Waals surface area (Å²) in [5, 5.41) is 6.27. The first-order valence-corrected chi connectivity index (χ1v) is 11.1. The minimum Gasteiger partial charge on any atom is -0.324 e. The van der Waals surface area contributed by atoms with E-state index in [9.17, 15) is 26.4 Å². The van der Waals surface area contributed by atoms with Crippen molar-refractivity contribution >= 4 is 21.7 Å². The molecule has 1 saturated heterocycles. The predicted molar refractivity (Wildman–Crippen MR) is 105 cm³/mol. The molecule has 0 bridgehead atoms. The standard InChI is InChI=1S/C18H22F3N5O3S/c1-30(28,29)23-11-13-4-2-8-25(12-13)17(27)24-16-6-5-14(26-9-3-7-22-26)10-15(16)18(19,20)21/h3,5-7,9-10,13,23H,2,4,8,11-12H2,1H3,(H,24,27)/t13-/m1/s1. The van der Waals surface area contributed by atoms with E-state index < -0.39 is 27.8 Å². The Kier molecular flexibility index (Phi) is 6.36. The first-order valence-electron chi connectivity index (χ1n) is 9.25. The lowest BCUT2D eigenvalue weighted by Crippen LogP contribution is -2.45. The molecular formula is C18H22F3N5O3S. The Hall–Kier alpha value is -2.60. The van der Waals surface area contributed by atoms with Crippen molar-refractivity contribution in [1.82, 2.24) is 19.4 Å². The average molecular weight is 445 g/mol. The zero-order valence-corrected chi connectivity index (χ0v) is 17.0. The Morgan fingerprint density at radius 1 is 1.33 bits per heavy atom. The molecule has 2 heterocycles. The molecule has 30 heavy (non-hydrogen) atoms. The zero-order chi connectivity index (χ0) is 21.9. The van der Waals surface area contributed by atoms with Gasteiger partial charge in [0.1, 0.15) is 0 Å². The van der Waals surface area contributed by atoms with E-state index in [4.69, 9.17) is 0 Å². The summed E-state index contributed by atoms with van der Waals surface area (Å²) in [4.78, 5) is 14.0. The quantitative estimate of drug-likeness (QED) is 0.740. The van der Waals surface area contributed by atoms with Gasteiger partial charge in [-0.1, -0.05) is 0 Å². The highest BCUT2D eigenvalue weighted by Crippen LogP contribution is 2.36. The lowest BCUT2D eigenvalue weighted by Gasteiger charge is -2.33. The van der Waals surface area contributed by atoms with Crippen LogP contribution in [-0.2, 0) is 16.2 Å². The molecule has 0 spiro atoms. The molecule has 164 valence electrons. The maximum atomic E-state index is 13.6. The normalized spacial score (nSPS) is 17.7. The van der Waals surface area contributed by atoms with Crippen LogP contribution in [-0.4, -0.2) is 55.0 Å². The molecule has 2 aromatic rings. The van der Waals surface area contributed by atoms with Gasteiger partial charge in [-0.05, 0) is 43.0 Å². The van der Waals surface area contributed by atoms with E-state index in [0.29, 0.717) is 13.0 Å². The largest absolute Gasteiger partial charge is 0.418 e. The minimum atomic E-state index is -4.67. The van der Waals surface area contributed by atoms with Gasteiger partial charge < -0.3 is 10.2 Å². The molecular weight excluding hydrogens is 423 g/mol. The number of rotatable bonds is 5. The molecule has 0 saturated carbocycles. The third-order valence-electron chi connectivity index (χ3n) is 4.76. The second-order valence-electron chi connectivity index (χ2n) is 7.18. The van der Waals surface area contributed by atoms with E-state index in [1.165, 1.54) is 34.1 Å². The highest BCUT2D eigenvalue weighted by atomic mass is 32.2. The highest BCUT2D eigenvalue weighted by Gasteiger charge is 2.35. The van der Waals surface area contributed by atoms with Crippen molar-refractivity contribution in [3.05, 3.63) is 42.2 Å². The summed E-state index contributed by atoms with van der Waals surface area (Å²) < 4.78 is 66.9. The van der Waals surface area contributed by atoms with E-state index in [0.717, 1.165) is 18.7 Å². The second kappa shape index (κ2) is 8.64. The number of carbonyl (C=O) groups is 1. The van der Waals surface area contributed by atoms with E-state index in [1.54, 1.807) is 6.07 Å². The fourth-order valence-electron chi connectivity index (χ4n) is 3.32. The van der Waals surface area contributed by atoms with Gasteiger partial charge in [-0.15, -0.1) is 0 Å². The predicted octanol–water partition coefficient (Wildman–Crippen LogP) is 2.68. The monoisotopic (exact) mass is 445 g/mol. The summed E-state index contributed by atoms with van der Waals surface area (Å²) in [6, 6.07) is 4.50. The van der Waals surface area contributed by atoms with Gasteiger partial charge in [-0.2, -0.15) is 18.3 Å². The Labute approximate surface area is 172 Å². The lowest BCUT2D eigenvalue weighted by molar-refractivity contribution is -0.136. The van der Waals surface area contributed by atoms with Crippen molar-refractivity contribution in [2.24, 2.45) is 5.92 Å². The second-order valence-corrected chi connectivity index (χ2v) is 9.02. The summed E-state index contributed by atoms with van der Waals surface area (Å²) in [6.07, 6.45) is 0.703. The first kappa shape index (κ1) is 22.1. The first-order chi connectivity index (χ1) is 14.0. The molecule has 1 atom stereocenters. The number of likely N-dealkylation sites (tertiary alicyclic amines) is 1. The lowest BCUT2D eigenvalue weighted by atomic mass is 9.99. The maximum Gasteiger partial charge on any atom is 0.418 e. The number of nitrogens with zero attached hydrogens (tertiary/aromatic N) is 3. The van der Waals surface area contributed by atoms with Gasteiger partial charge in [-0.25, -0.2) is 22.6 Å². The fourth-order valence-corrected chi connectivity index (χ4v) is 3.86. The van der Waals surface area contributed by atoms with E-state index in [2.05, 4.69) is 15.1 Å². The number of carbonyl (C=O) groups excluding carboxylic acids is 1. The molecule has 3 rings (SSSR count). The molecule has 1 aromatic carbocycles. The van der Waals surface area contributed by atoms with Crippen LogP contribution in [0.3, 0.4) is 0 Å². The molecule has 1 fully saturated rings. The molecule has 0 radical (unpaired) electrons. The van der Waals surface area contributed by atoms with Crippen LogP contribution < -0.4 is 10.0 Å². The van der Waals surface area contributed by atoms with Crippen LogP contribution in [0.25, 0.3) is 5.69 Å². The molecule has 2 N–H and O–H groups in total. The average Bonchev–Trinajstić information content (AvgIpc) is 3.20. The third-order valence-corrected chi connectivity index (χ3v) is 5.45. The van der Waals surface area contributed by atoms with Gasteiger partial charge in [0, 0.05) is 32.0 Å². The number of amides is 2. The number of nitrogens with one attached hydrogen (secondary N) is 2. The Balaban J connectivity index is 1.74. The van der Waals surface area contributed by atoms with Crippen LogP contribution >= 0.6 is 0 Å². The third kappa shape index (κ3) is 5.72. The number of sulfonamides is 1. The summed E-state index contributed by atoms with van der Waals surface area (Å²) >= 11 is 0. The van der Waals surface area contributed by atoms with Crippen LogP contribution in [0.15, 0.2) is 36.7 Å². The number of aromatic nitrogens is 2. The number of hydrogen-bond acceptors (Lipinski definition) is 4. The summed E-state index contributed by atoms with van der Waals surface area (Å²) in [5.41, 5.74) is -1.11. The number of urea groups is 1. The molecule has 2 amide bonds. The van der Waals surface area contributed by atoms with Gasteiger partial charge in [0.15, 0.2) is 0 Å². The zero-order valence-electron chi connectivity index (χ0n) is 16.2. The molecule has 0 unspecified atom stereocenters. The van der Waals surface area contributed by atoms with Crippen LogP contribution in [0.1, 0.15) is 18.4 Å². The number of piperidine rings is 1. The number of alkyl halides is 3. The summed E-state index contributed by atoms with van der Waals surface area (Å²) in [6.45, 7) is 0.810. The van der Waals surface area contributed by atoms with Crippen molar-refractivity contribution in [3.8, 4) is 5.69 Å². The molecule has 1 aliphatic heterocycles. The Morgan fingerprint density at radius 2 is 2.10 bits per heavy atom. The molecule has 1 aromatic heterocycles. The molecule has 1 aliphatic rings. The smallest absolute Gasteiger partial charge is 0.324 e. The topological polar surface area (TPSA) is 96.3 Å². The van der Waals surface area contributed by atoms with Gasteiger partial charge in [-0.3, -0.25) is 0 Å². The van der Waals surface area contributed by atoms with Crippen LogP contribution in [0.5, 0.6) is 0 Å². The number of hydrogen-bond donors (Lipinski definition) is 2. The number of anilines is 1. The Bertz CT molecular complexity index is 993. The van der Waals surface area contributed by atoms with Crippen LogP contribution in [0, 0.1) is 5.92 Å². The molecule has 8 nitrogen and oxygen atoms in total. The summed E-state index contributed by atoms with van der Waals surface area (Å²) in [5.74, 6) is -0.108. The van der Waals surface area contributed by atoms with E-state index >= 15 is 0 Å². The van der Waals surface area contributed by atoms with Crippen molar-refractivity contribution < 1.29 is 26.4 Å². The van der Waals surface area contributed by atoms with E-state index in [1.807, 2.05) is 0 Å². The van der Waals surface area contributed by atoms with Gasteiger partial charge >= 0.3 is 12.2 Å². The maximum absolute atomic E-state index is 13.6. The van der Waals surface area contributed by atoms with Gasteiger partial charge in [0.05, 0.1) is 23.2 Å². The van der Waals surface area contributed by atoms with Crippen molar-refractivity contribution in [2.45, 2.75) is 19.0 Å². The van der Waals surface area contributed by atoms with Crippen LogP contribution in [0.2, 0.25) is 0 Å². The molecule has 0 aliphatic carbocycles. The Morgan fingerprint density at radius 3 is 2.73 bits per heavy atom. The van der Waals surface area contributed by atoms with Crippen LogP contribution in [0.4, 0.5) is 23.7 Å². The van der Waals surface area contributed by atoms with Gasteiger partial charge in [0.25, 0.3) is 0 Å². The van der Waals surface area contributed by atoms with E-state index in [-0.39, 0.29) is 30.4 Å². The SMILES string of the molecule is CS(=O)(=O)NC[C@H]1CCCN(C(=O)Nc2ccc(-n3cccn3)cc2C(F)(F)F)C1. The number of halogens is 3. The van der Waals surface area contributed by atoms with Crippen molar-refractivity contribution in [2.75, 3.05) is 31.2 Å².